The third kappa shape index (κ3) is 5.55. The summed E-state index contributed by atoms with van der Waals surface area (Å²) in [5.74, 6) is 0.323. The first-order valence-electron chi connectivity index (χ1n) is 9.27. The topological polar surface area (TPSA) is 83.7 Å². The van der Waals surface area contributed by atoms with Crippen LogP contribution in [0.4, 0.5) is 0 Å². The normalized spacial score (nSPS) is 21.8. The largest absolute Gasteiger partial charge is 0.343 e. The maximum Gasteiger partial charge on any atom is 0.223 e. The molecular weight excluding hydrogens is 362 g/mol. The maximum absolute atomic E-state index is 12.7. The number of carbonyl (C=O) groups excluding carboxylic acids is 1. The molecule has 1 saturated carbocycles. The summed E-state index contributed by atoms with van der Waals surface area (Å²) in [4.78, 5) is 14.6. The van der Waals surface area contributed by atoms with Gasteiger partial charge < -0.3 is 10.6 Å². The second-order valence-electron chi connectivity index (χ2n) is 7.47. The molecule has 1 aliphatic carbocycles. The van der Waals surface area contributed by atoms with Crippen molar-refractivity contribution in [3.8, 4) is 0 Å². The molecule has 0 atom stereocenters. The Balaban J connectivity index is 0.00000312. The van der Waals surface area contributed by atoms with Crippen LogP contribution in [0.2, 0.25) is 0 Å². The van der Waals surface area contributed by atoms with E-state index in [-0.39, 0.29) is 35.5 Å². The lowest BCUT2D eigenvalue weighted by molar-refractivity contribution is -0.135. The molecule has 0 spiro atoms. The van der Waals surface area contributed by atoms with E-state index in [0.29, 0.717) is 26.1 Å². The molecule has 2 fully saturated rings. The number of halogens is 1. The van der Waals surface area contributed by atoms with Crippen LogP contribution < -0.4 is 5.73 Å². The first-order chi connectivity index (χ1) is 11.3. The second-order valence-corrected chi connectivity index (χ2v) is 9.79. The van der Waals surface area contributed by atoms with Gasteiger partial charge in [0.1, 0.15) is 0 Å². The molecule has 8 heteroatoms. The highest BCUT2D eigenvalue weighted by atomic mass is 35.5. The smallest absolute Gasteiger partial charge is 0.223 e. The number of amides is 1. The number of likely N-dealkylation sites (tertiary alicyclic amines) is 1. The zero-order valence-electron chi connectivity index (χ0n) is 15.6. The van der Waals surface area contributed by atoms with E-state index in [1.807, 2.05) is 4.90 Å². The van der Waals surface area contributed by atoms with Crippen molar-refractivity contribution in [3.05, 3.63) is 0 Å². The van der Waals surface area contributed by atoms with E-state index in [0.717, 1.165) is 25.7 Å². The van der Waals surface area contributed by atoms with E-state index in [9.17, 15) is 13.2 Å². The lowest BCUT2D eigenvalue weighted by atomic mass is 9.71. The minimum absolute atomic E-state index is 0. The molecule has 1 aliphatic heterocycles. The summed E-state index contributed by atoms with van der Waals surface area (Å²) >= 11 is 0. The Morgan fingerprint density at radius 3 is 2.24 bits per heavy atom. The first kappa shape index (κ1) is 22.7. The quantitative estimate of drug-likeness (QED) is 0.745. The van der Waals surface area contributed by atoms with Crippen LogP contribution in [-0.4, -0.2) is 62.0 Å². The Hall–Kier alpha value is -0.370. The Kier molecular flexibility index (Phi) is 8.64. The summed E-state index contributed by atoms with van der Waals surface area (Å²) in [6.07, 6.45) is 7.70. The third-order valence-electron chi connectivity index (χ3n) is 6.01. The SMILES string of the molecule is CCS(=O)(=O)N(C)C1CCN(C(=O)CC2(CN)CCCCC2)CC1.Cl. The van der Waals surface area contributed by atoms with Crippen molar-refractivity contribution >= 4 is 28.3 Å². The van der Waals surface area contributed by atoms with Crippen LogP contribution in [0.15, 0.2) is 0 Å². The average Bonchev–Trinajstić information content (AvgIpc) is 2.62. The van der Waals surface area contributed by atoms with E-state index in [1.54, 1.807) is 14.0 Å². The van der Waals surface area contributed by atoms with Gasteiger partial charge in [0.05, 0.1) is 5.75 Å². The number of nitrogens with two attached hydrogens (primary N) is 1. The summed E-state index contributed by atoms with van der Waals surface area (Å²) in [5, 5.41) is 0. The number of hydrogen-bond acceptors (Lipinski definition) is 4. The zero-order chi connectivity index (χ0) is 17.8. The van der Waals surface area contributed by atoms with Crippen molar-refractivity contribution in [2.24, 2.45) is 11.1 Å². The van der Waals surface area contributed by atoms with Crippen molar-refractivity contribution in [1.29, 1.82) is 0 Å². The van der Waals surface area contributed by atoms with Crippen LogP contribution in [-0.2, 0) is 14.8 Å². The van der Waals surface area contributed by atoms with Gasteiger partial charge in [-0.25, -0.2) is 12.7 Å². The molecule has 6 nitrogen and oxygen atoms in total. The van der Waals surface area contributed by atoms with Gasteiger partial charge in [0.25, 0.3) is 0 Å². The van der Waals surface area contributed by atoms with Gasteiger partial charge in [-0.15, -0.1) is 12.4 Å². The van der Waals surface area contributed by atoms with Gasteiger partial charge in [0, 0.05) is 32.6 Å². The number of hydrogen-bond donors (Lipinski definition) is 1. The number of piperidine rings is 1. The van der Waals surface area contributed by atoms with Crippen LogP contribution in [0.1, 0.15) is 58.3 Å². The fourth-order valence-electron chi connectivity index (χ4n) is 4.10. The van der Waals surface area contributed by atoms with Crippen molar-refractivity contribution in [2.45, 2.75) is 64.3 Å². The zero-order valence-corrected chi connectivity index (χ0v) is 17.2. The van der Waals surface area contributed by atoms with E-state index in [1.165, 1.54) is 23.6 Å². The highest BCUT2D eigenvalue weighted by Gasteiger charge is 2.36. The van der Waals surface area contributed by atoms with E-state index in [4.69, 9.17) is 5.73 Å². The third-order valence-corrected chi connectivity index (χ3v) is 7.91. The number of carbonyl (C=O) groups is 1. The molecule has 2 N–H and O–H groups in total. The Labute approximate surface area is 159 Å². The monoisotopic (exact) mass is 395 g/mol. The Morgan fingerprint density at radius 1 is 1.20 bits per heavy atom. The minimum Gasteiger partial charge on any atom is -0.343 e. The predicted molar refractivity (Wildman–Crippen MR) is 103 cm³/mol. The van der Waals surface area contributed by atoms with Crippen molar-refractivity contribution < 1.29 is 13.2 Å². The van der Waals surface area contributed by atoms with E-state index < -0.39 is 10.0 Å². The van der Waals surface area contributed by atoms with Gasteiger partial charge in [-0.3, -0.25) is 4.79 Å². The molecule has 25 heavy (non-hydrogen) atoms. The van der Waals surface area contributed by atoms with Gasteiger partial charge in [0.2, 0.25) is 15.9 Å². The molecule has 0 unspecified atom stereocenters. The van der Waals surface area contributed by atoms with E-state index in [2.05, 4.69) is 0 Å². The lowest BCUT2D eigenvalue weighted by Gasteiger charge is -2.40. The van der Waals surface area contributed by atoms with Gasteiger partial charge in [-0.1, -0.05) is 19.3 Å². The van der Waals surface area contributed by atoms with Crippen LogP contribution in [0.25, 0.3) is 0 Å². The Bertz CT molecular complexity index is 527. The number of nitrogens with zero attached hydrogens (tertiary/aromatic N) is 2. The average molecular weight is 396 g/mol. The Morgan fingerprint density at radius 2 is 1.76 bits per heavy atom. The molecular formula is C17H34ClN3O3S. The van der Waals surface area contributed by atoms with Crippen LogP contribution in [0.5, 0.6) is 0 Å². The summed E-state index contributed by atoms with van der Waals surface area (Å²) < 4.78 is 25.5. The van der Waals surface area contributed by atoms with Crippen molar-refractivity contribution in [3.63, 3.8) is 0 Å². The molecule has 0 radical (unpaired) electrons. The molecule has 1 saturated heterocycles. The molecule has 1 heterocycles. The van der Waals surface area contributed by atoms with Crippen LogP contribution in [0.3, 0.4) is 0 Å². The maximum atomic E-state index is 12.7. The summed E-state index contributed by atoms with van der Waals surface area (Å²) in [5.41, 5.74) is 5.99. The first-order valence-corrected chi connectivity index (χ1v) is 10.9. The van der Waals surface area contributed by atoms with Gasteiger partial charge in [-0.2, -0.15) is 0 Å². The van der Waals surface area contributed by atoms with Crippen molar-refractivity contribution in [1.82, 2.24) is 9.21 Å². The fraction of sp³-hybridized carbons (Fsp3) is 0.941. The molecule has 0 bridgehead atoms. The summed E-state index contributed by atoms with van der Waals surface area (Å²) in [6, 6.07) is 0.0112. The van der Waals surface area contributed by atoms with Gasteiger partial charge >= 0.3 is 0 Å². The number of sulfonamides is 1. The molecule has 148 valence electrons. The van der Waals surface area contributed by atoms with E-state index >= 15 is 0 Å². The summed E-state index contributed by atoms with van der Waals surface area (Å²) in [6.45, 7) is 3.55. The highest BCUT2D eigenvalue weighted by molar-refractivity contribution is 7.89. The lowest BCUT2D eigenvalue weighted by Crippen LogP contribution is -2.49. The molecule has 0 aromatic carbocycles. The molecule has 1 amide bonds. The van der Waals surface area contributed by atoms with Gasteiger partial charge in [-0.05, 0) is 44.6 Å². The van der Waals surface area contributed by atoms with Crippen LogP contribution in [0, 0.1) is 5.41 Å². The van der Waals surface area contributed by atoms with Crippen molar-refractivity contribution in [2.75, 3.05) is 32.4 Å². The molecule has 0 aromatic rings. The second kappa shape index (κ2) is 9.53. The fourth-order valence-corrected chi connectivity index (χ4v) is 5.17. The molecule has 2 rings (SSSR count). The number of rotatable bonds is 6. The summed E-state index contributed by atoms with van der Waals surface area (Å²) in [7, 11) is -1.50. The molecule has 0 aromatic heterocycles. The standard InChI is InChI=1S/C17H33N3O3S.ClH/c1-3-24(22,23)19(2)15-7-11-20(12-8-15)16(21)13-17(14-18)9-5-4-6-10-17;/h15H,3-14,18H2,1-2H3;1H. The molecule has 2 aliphatic rings. The minimum atomic E-state index is -3.16. The van der Waals surface area contributed by atoms with Gasteiger partial charge in [0.15, 0.2) is 0 Å². The van der Waals surface area contributed by atoms with Crippen LogP contribution >= 0.6 is 12.4 Å². The highest BCUT2D eigenvalue weighted by Crippen LogP contribution is 2.39. The predicted octanol–water partition coefficient (Wildman–Crippen LogP) is 1.98.